The third-order valence-electron chi connectivity index (χ3n) is 3.81. The van der Waals surface area contributed by atoms with Gasteiger partial charge in [0.05, 0.1) is 0 Å². The Kier molecular flexibility index (Phi) is 3.38. The largest absolute Gasteiger partial charge is 0.322 e. The Bertz CT molecular complexity index is 659. The quantitative estimate of drug-likeness (QED) is 0.834. The van der Waals surface area contributed by atoms with Crippen LogP contribution in [-0.4, -0.2) is 5.91 Å². The Morgan fingerprint density at radius 1 is 1.05 bits per heavy atom. The van der Waals surface area contributed by atoms with Crippen LogP contribution in [0.3, 0.4) is 0 Å². The van der Waals surface area contributed by atoms with Crippen molar-refractivity contribution in [2.45, 2.75) is 19.3 Å². The van der Waals surface area contributed by atoms with Crippen LogP contribution in [0.4, 0.5) is 5.69 Å². The van der Waals surface area contributed by atoms with Crippen molar-refractivity contribution in [3.63, 3.8) is 0 Å². The molecule has 2 nitrogen and oxygen atoms in total. The van der Waals surface area contributed by atoms with Crippen LogP contribution in [0.2, 0.25) is 0 Å². The monoisotopic (exact) mass is 263 g/mol. The Hall–Kier alpha value is -2.35. The maximum Gasteiger partial charge on any atom is 0.247 e. The molecule has 0 spiro atoms. The van der Waals surface area contributed by atoms with Crippen LogP contribution in [0.15, 0.2) is 55.1 Å². The van der Waals surface area contributed by atoms with E-state index in [0.717, 1.165) is 24.9 Å². The topological polar surface area (TPSA) is 29.1 Å². The van der Waals surface area contributed by atoms with Crippen LogP contribution >= 0.6 is 0 Å². The molecular weight excluding hydrogens is 246 g/mol. The van der Waals surface area contributed by atoms with Crippen LogP contribution in [0.1, 0.15) is 17.5 Å². The van der Waals surface area contributed by atoms with E-state index < -0.39 is 0 Å². The fourth-order valence-electron chi connectivity index (χ4n) is 2.90. The first-order valence-corrected chi connectivity index (χ1v) is 6.93. The minimum Gasteiger partial charge on any atom is -0.322 e. The Morgan fingerprint density at radius 2 is 1.80 bits per heavy atom. The number of amides is 1. The predicted octanol–water partition coefficient (Wildman–Crippen LogP) is 3.97. The van der Waals surface area contributed by atoms with Gasteiger partial charge in [0.15, 0.2) is 0 Å². The summed E-state index contributed by atoms with van der Waals surface area (Å²) in [6, 6.07) is 14.5. The summed E-state index contributed by atoms with van der Waals surface area (Å²) in [5, 5.41) is 2.91. The van der Waals surface area contributed by atoms with E-state index in [1.54, 1.807) is 0 Å². The first-order valence-electron chi connectivity index (χ1n) is 6.93. The minimum atomic E-state index is -0.147. The number of nitrogens with one attached hydrogen (secondary N) is 1. The smallest absolute Gasteiger partial charge is 0.247 e. The number of hydrogen-bond acceptors (Lipinski definition) is 1. The van der Waals surface area contributed by atoms with E-state index >= 15 is 0 Å². The van der Waals surface area contributed by atoms with Gasteiger partial charge in [0, 0.05) is 5.69 Å². The number of anilines is 1. The molecule has 100 valence electrons. The third kappa shape index (κ3) is 2.25. The summed E-state index contributed by atoms with van der Waals surface area (Å²) in [6.07, 6.45) is 4.57. The molecule has 0 heterocycles. The number of rotatable bonds is 3. The van der Waals surface area contributed by atoms with Crippen LogP contribution in [0.25, 0.3) is 11.1 Å². The summed E-state index contributed by atoms with van der Waals surface area (Å²) in [7, 11) is 0. The second kappa shape index (κ2) is 5.33. The summed E-state index contributed by atoms with van der Waals surface area (Å²) < 4.78 is 0. The van der Waals surface area contributed by atoms with Gasteiger partial charge in [-0.05, 0) is 53.7 Å². The van der Waals surface area contributed by atoms with E-state index in [1.165, 1.54) is 28.3 Å². The van der Waals surface area contributed by atoms with Crippen molar-refractivity contribution in [1.29, 1.82) is 0 Å². The van der Waals surface area contributed by atoms with Gasteiger partial charge in [-0.25, -0.2) is 0 Å². The van der Waals surface area contributed by atoms with Crippen molar-refractivity contribution >= 4 is 11.6 Å². The molecule has 1 amide bonds. The summed E-state index contributed by atoms with van der Waals surface area (Å²) in [4.78, 5) is 11.5. The van der Waals surface area contributed by atoms with Crippen molar-refractivity contribution in [1.82, 2.24) is 0 Å². The molecule has 1 aliphatic rings. The Balaban J connectivity index is 2.06. The molecular formula is C18H17NO. The van der Waals surface area contributed by atoms with E-state index in [-0.39, 0.29) is 5.91 Å². The van der Waals surface area contributed by atoms with Crippen LogP contribution in [0.5, 0.6) is 0 Å². The normalized spacial score (nSPS) is 12.8. The van der Waals surface area contributed by atoms with Gasteiger partial charge in [-0.1, -0.05) is 43.0 Å². The maximum absolute atomic E-state index is 11.5. The molecule has 0 unspecified atom stereocenters. The maximum atomic E-state index is 11.5. The highest BCUT2D eigenvalue weighted by molar-refractivity contribution is 6.00. The first-order chi connectivity index (χ1) is 9.79. The SMILES string of the molecule is C=CC(=O)Nc1ccc(-c2ccccc2)c2c1CCC2. The van der Waals surface area contributed by atoms with Crippen LogP contribution in [-0.2, 0) is 17.6 Å². The molecule has 0 radical (unpaired) electrons. The zero-order valence-electron chi connectivity index (χ0n) is 11.4. The second-order valence-electron chi connectivity index (χ2n) is 5.03. The molecule has 0 atom stereocenters. The lowest BCUT2D eigenvalue weighted by Gasteiger charge is -2.13. The fourth-order valence-corrected chi connectivity index (χ4v) is 2.90. The molecule has 0 aromatic heterocycles. The highest BCUT2D eigenvalue weighted by Gasteiger charge is 2.19. The molecule has 20 heavy (non-hydrogen) atoms. The number of carbonyl (C=O) groups is 1. The molecule has 0 saturated heterocycles. The van der Waals surface area contributed by atoms with Crippen molar-refractivity contribution in [3.8, 4) is 11.1 Å². The standard InChI is InChI=1S/C18H17NO/c1-2-18(20)19-17-12-11-14(13-7-4-3-5-8-13)15-9-6-10-16(15)17/h2-5,7-8,11-12H,1,6,9-10H2,(H,19,20). The second-order valence-corrected chi connectivity index (χ2v) is 5.03. The van der Waals surface area contributed by atoms with Crippen molar-refractivity contribution in [2.75, 3.05) is 5.32 Å². The van der Waals surface area contributed by atoms with Crippen LogP contribution in [0, 0.1) is 0 Å². The number of hydrogen-bond donors (Lipinski definition) is 1. The Labute approximate surface area is 119 Å². The molecule has 2 aromatic rings. The first kappa shape index (κ1) is 12.7. The molecule has 3 rings (SSSR count). The van der Waals surface area contributed by atoms with Crippen molar-refractivity contribution < 1.29 is 4.79 Å². The lowest BCUT2D eigenvalue weighted by Crippen LogP contribution is -2.09. The van der Waals surface area contributed by atoms with Gasteiger partial charge in [-0.15, -0.1) is 0 Å². The van der Waals surface area contributed by atoms with Crippen LogP contribution < -0.4 is 5.32 Å². The number of benzene rings is 2. The molecule has 0 aliphatic heterocycles. The molecule has 0 saturated carbocycles. The highest BCUT2D eigenvalue weighted by Crippen LogP contribution is 2.36. The van der Waals surface area contributed by atoms with E-state index in [1.807, 2.05) is 12.1 Å². The van der Waals surface area contributed by atoms with Gasteiger partial charge in [0.2, 0.25) is 5.91 Å². The summed E-state index contributed by atoms with van der Waals surface area (Å²) >= 11 is 0. The predicted molar refractivity (Wildman–Crippen MR) is 82.7 cm³/mol. The van der Waals surface area contributed by atoms with E-state index in [0.29, 0.717) is 0 Å². The average Bonchev–Trinajstić information content (AvgIpc) is 2.98. The van der Waals surface area contributed by atoms with Gasteiger partial charge >= 0.3 is 0 Å². The van der Waals surface area contributed by atoms with Gasteiger partial charge in [0.1, 0.15) is 0 Å². The Morgan fingerprint density at radius 3 is 2.55 bits per heavy atom. The van der Waals surface area contributed by atoms with Crippen molar-refractivity contribution in [3.05, 3.63) is 66.2 Å². The van der Waals surface area contributed by atoms with Gasteiger partial charge in [-0.3, -0.25) is 4.79 Å². The summed E-state index contributed by atoms with van der Waals surface area (Å²) in [6.45, 7) is 3.50. The average molecular weight is 263 g/mol. The van der Waals surface area contributed by atoms with Gasteiger partial charge < -0.3 is 5.32 Å². The van der Waals surface area contributed by atoms with Gasteiger partial charge in [0.25, 0.3) is 0 Å². The van der Waals surface area contributed by atoms with Crippen molar-refractivity contribution in [2.24, 2.45) is 0 Å². The lowest BCUT2D eigenvalue weighted by atomic mass is 9.96. The highest BCUT2D eigenvalue weighted by atomic mass is 16.1. The molecule has 1 N–H and O–H groups in total. The van der Waals surface area contributed by atoms with E-state index in [2.05, 4.69) is 42.2 Å². The summed E-state index contributed by atoms with van der Waals surface area (Å²) in [5.74, 6) is -0.147. The van der Waals surface area contributed by atoms with E-state index in [4.69, 9.17) is 0 Å². The fraction of sp³-hybridized carbons (Fsp3) is 0.167. The van der Waals surface area contributed by atoms with Gasteiger partial charge in [-0.2, -0.15) is 0 Å². The molecule has 0 bridgehead atoms. The molecule has 0 fully saturated rings. The van der Waals surface area contributed by atoms with E-state index in [9.17, 15) is 4.79 Å². The number of fused-ring (bicyclic) bond motifs is 1. The third-order valence-corrected chi connectivity index (χ3v) is 3.81. The summed E-state index contributed by atoms with van der Waals surface area (Å²) in [5.41, 5.74) is 6.11. The molecule has 2 heteroatoms. The minimum absolute atomic E-state index is 0.147. The number of carbonyl (C=O) groups excluding carboxylic acids is 1. The zero-order valence-corrected chi connectivity index (χ0v) is 11.4. The molecule has 1 aliphatic carbocycles. The zero-order chi connectivity index (χ0) is 13.9. The lowest BCUT2D eigenvalue weighted by molar-refractivity contribution is -0.111. The molecule has 2 aromatic carbocycles.